The number of nitrogens with one attached hydrogen (secondary N) is 1. The van der Waals surface area contributed by atoms with Gasteiger partial charge in [0.1, 0.15) is 0 Å². The molecule has 26 heavy (non-hydrogen) atoms. The summed E-state index contributed by atoms with van der Waals surface area (Å²) in [5, 5.41) is 3.51. The fraction of sp³-hybridized carbons (Fsp3) is 0.476. The fourth-order valence-electron chi connectivity index (χ4n) is 2.87. The summed E-state index contributed by atoms with van der Waals surface area (Å²) >= 11 is 0. The predicted octanol–water partition coefficient (Wildman–Crippen LogP) is 3.07. The molecule has 2 rings (SSSR count). The zero-order valence-electron chi connectivity index (χ0n) is 17.0. The predicted molar refractivity (Wildman–Crippen MR) is 110 cm³/mol. The number of aryl methyl sites for hydroxylation is 1. The Morgan fingerprint density at radius 3 is 2.35 bits per heavy atom. The highest BCUT2D eigenvalue weighted by Crippen LogP contribution is 2.13. The van der Waals surface area contributed by atoms with E-state index in [1.807, 2.05) is 7.05 Å². The average molecular weight is 356 g/mol. The van der Waals surface area contributed by atoms with E-state index in [1.165, 1.54) is 16.8 Å². The third-order valence-electron chi connectivity index (χ3n) is 4.88. The van der Waals surface area contributed by atoms with Crippen molar-refractivity contribution in [1.29, 1.82) is 0 Å². The SMILES string of the molecule is CN=C(NCc1ccccc1CN(C)C(C)C)N(C)Cc1cccn1C. The van der Waals surface area contributed by atoms with Crippen molar-refractivity contribution in [2.24, 2.45) is 12.0 Å². The van der Waals surface area contributed by atoms with Gasteiger partial charge >= 0.3 is 0 Å². The lowest BCUT2D eigenvalue weighted by molar-refractivity contribution is 0.265. The molecular weight excluding hydrogens is 322 g/mol. The number of rotatable bonds is 7. The van der Waals surface area contributed by atoms with Gasteiger partial charge in [-0.25, -0.2) is 0 Å². The molecule has 0 aliphatic carbocycles. The van der Waals surface area contributed by atoms with Gasteiger partial charge in [0, 0.05) is 52.2 Å². The second kappa shape index (κ2) is 9.43. The number of hydrogen-bond acceptors (Lipinski definition) is 2. The maximum Gasteiger partial charge on any atom is 0.194 e. The monoisotopic (exact) mass is 355 g/mol. The van der Waals surface area contributed by atoms with E-state index in [2.05, 4.69) is 102 Å². The highest BCUT2D eigenvalue weighted by atomic mass is 15.3. The maximum absolute atomic E-state index is 4.44. The van der Waals surface area contributed by atoms with Gasteiger partial charge in [0.15, 0.2) is 5.96 Å². The van der Waals surface area contributed by atoms with Gasteiger partial charge in [-0.2, -0.15) is 0 Å². The Balaban J connectivity index is 2.01. The maximum atomic E-state index is 4.44. The zero-order chi connectivity index (χ0) is 19.1. The van der Waals surface area contributed by atoms with Crippen LogP contribution in [0.5, 0.6) is 0 Å². The summed E-state index contributed by atoms with van der Waals surface area (Å²) in [6, 6.07) is 13.4. The van der Waals surface area contributed by atoms with Crippen molar-refractivity contribution in [2.45, 2.75) is 39.5 Å². The second-order valence-corrected chi connectivity index (χ2v) is 7.14. The fourth-order valence-corrected chi connectivity index (χ4v) is 2.87. The number of nitrogens with zero attached hydrogens (tertiary/aromatic N) is 4. The molecule has 0 atom stereocenters. The van der Waals surface area contributed by atoms with Gasteiger partial charge in [-0.1, -0.05) is 24.3 Å². The first kappa shape index (κ1) is 20.0. The largest absolute Gasteiger partial charge is 0.353 e. The Labute approximate surface area is 158 Å². The summed E-state index contributed by atoms with van der Waals surface area (Å²) in [6.45, 7) is 6.99. The van der Waals surface area contributed by atoms with Crippen LogP contribution in [0, 0.1) is 0 Å². The molecule has 1 N–H and O–H groups in total. The van der Waals surface area contributed by atoms with Gasteiger partial charge in [0.05, 0.1) is 6.54 Å². The van der Waals surface area contributed by atoms with E-state index in [0.29, 0.717) is 6.04 Å². The van der Waals surface area contributed by atoms with Crippen molar-refractivity contribution in [3.05, 3.63) is 59.4 Å². The molecule has 0 amide bonds. The molecule has 0 radical (unpaired) electrons. The molecular formula is C21H33N5. The van der Waals surface area contributed by atoms with E-state index in [9.17, 15) is 0 Å². The third-order valence-corrected chi connectivity index (χ3v) is 4.88. The van der Waals surface area contributed by atoms with E-state index in [0.717, 1.165) is 25.6 Å². The summed E-state index contributed by atoms with van der Waals surface area (Å²) in [6.07, 6.45) is 2.07. The molecule has 1 aromatic carbocycles. The molecule has 0 bridgehead atoms. The number of guanidine groups is 1. The first-order valence-electron chi connectivity index (χ1n) is 9.21. The summed E-state index contributed by atoms with van der Waals surface area (Å²) in [4.78, 5) is 8.95. The lowest BCUT2D eigenvalue weighted by Gasteiger charge is -2.24. The van der Waals surface area contributed by atoms with Crippen LogP contribution in [-0.4, -0.2) is 47.5 Å². The van der Waals surface area contributed by atoms with Gasteiger partial charge < -0.3 is 14.8 Å². The van der Waals surface area contributed by atoms with Crippen LogP contribution < -0.4 is 5.32 Å². The quantitative estimate of drug-likeness (QED) is 0.612. The molecule has 142 valence electrons. The number of benzene rings is 1. The Morgan fingerprint density at radius 2 is 1.77 bits per heavy atom. The number of aliphatic imine (C=N–C) groups is 1. The molecule has 0 unspecified atom stereocenters. The van der Waals surface area contributed by atoms with E-state index >= 15 is 0 Å². The molecule has 5 nitrogen and oxygen atoms in total. The summed E-state index contributed by atoms with van der Waals surface area (Å²) in [5.41, 5.74) is 3.93. The summed E-state index contributed by atoms with van der Waals surface area (Å²) in [5.74, 6) is 0.901. The topological polar surface area (TPSA) is 35.8 Å². The lowest BCUT2D eigenvalue weighted by Crippen LogP contribution is -2.38. The number of aromatic nitrogens is 1. The van der Waals surface area contributed by atoms with Crippen LogP contribution in [0.3, 0.4) is 0 Å². The van der Waals surface area contributed by atoms with Crippen LogP contribution in [0.2, 0.25) is 0 Å². The minimum Gasteiger partial charge on any atom is -0.353 e. The van der Waals surface area contributed by atoms with Crippen molar-refractivity contribution in [3.8, 4) is 0 Å². The Hall–Kier alpha value is -2.27. The molecule has 0 fully saturated rings. The van der Waals surface area contributed by atoms with Gasteiger partial charge in [-0.3, -0.25) is 9.89 Å². The van der Waals surface area contributed by atoms with Crippen LogP contribution in [0.25, 0.3) is 0 Å². The van der Waals surface area contributed by atoms with Gasteiger partial charge in [-0.15, -0.1) is 0 Å². The minimum atomic E-state index is 0.528. The summed E-state index contributed by atoms with van der Waals surface area (Å²) in [7, 11) is 8.14. The second-order valence-electron chi connectivity index (χ2n) is 7.14. The first-order chi connectivity index (χ1) is 12.4. The molecule has 0 aliphatic heterocycles. The lowest BCUT2D eigenvalue weighted by atomic mass is 10.1. The molecule has 5 heteroatoms. The summed E-state index contributed by atoms with van der Waals surface area (Å²) < 4.78 is 2.14. The van der Waals surface area contributed by atoms with E-state index < -0.39 is 0 Å². The highest BCUT2D eigenvalue weighted by Gasteiger charge is 2.11. The van der Waals surface area contributed by atoms with Crippen LogP contribution in [0.15, 0.2) is 47.6 Å². The molecule has 1 heterocycles. The molecule has 2 aromatic rings. The van der Waals surface area contributed by atoms with E-state index in [4.69, 9.17) is 0 Å². The van der Waals surface area contributed by atoms with Crippen LogP contribution >= 0.6 is 0 Å². The molecule has 0 saturated carbocycles. The minimum absolute atomic E-state index is 0.528. The van der Waals surface area contributed by atoms with E-state index in [1.54, 1.807) is 0 Å². The average Bonchev–Trinajstić information content (AvgIpc) is 3.01. The van der Waals surface area contributed by atoms with Crippen molar-refractivity contribution >= 4 is 5.96 Å². The molecule has 0 aliphatic rings. The third kappa shape index (κ3) is 5.36. The molecule has 0 saturated heterocycles. The Kier molecular flexibility index (Phi) is 7.27. The van der Waals surface area contributed by atoms with Crippen LogP contribution in [0.4, 0.5) is 0 Å². The number of hydrogen-bond donors (Lipinski definition) is 1. The van der Waals surface area contributed by atoms with Gasteiger partial charge in [0.25, 0.3) is 0 Å². The Morgan fingerprint density at radius 1 is 1.08 bits per heavy atom. The van der Waals surface area contributed by atoms with Crippen LogP contribution in [-0.2, 0) is 26.7 Å². The standard InChI is InChI=1S/C21H33N5/c1-17(2)25(5)15-19-11-8-7-10-18(19)14-23-21(22-3)26(6)16-20-12-9-13-24(20)4/h7-13,17H,14-16H2,1-6H3,(H,22,23). The van der Waals surface area contributed by atoms with E-state index in [-0.39, 0.29) is 0 Å². The van der Waals surface area contributed by atoms with Crippen molar-refractivity contribution in [3.63, 3.8) is 0 Å². The first-order valence-corrected chi connectivity index (χ1v) is 9.21. The van der Waals surface area contributed by atoms with Gasteiger partial charge in [0.2, 0.25) is 0 Å². The zero-order valence-corrected chi connectivity index (χ0v) is 17.0. The van der Waals surface area contributed by atoms with Crippen molar-refractivity contribution in [2.75, 3.05) is 21.1 Å². The highest BCUT2D eigenvalue weighted by molar-refractivity contribution is 5.79. The van der Waals surface area contributed by atoms with Crippen molar-refractivity contribution < 1.29 is 0 Å². The van der Waals surface area contributed by atoms with Gasteiger partial charge in [-0.05, 0) is 44.2 Å². The van der Waals surface area contributed by atoms with Crippen LogP contribution in [0.1, 0.15) is 30.7 Å². The Bertz CT molecular complexity index is 717. The molecule has 0 spiro atoms. The molecule has 1 aromatic heterocycles. The normalized spacial score (nSPS) is 12.1. The smallest absolute Gasteiger partial charge is 0.194 e. The van der Waals surface area contributed by atoms with Crippen molar-refractivity contribution in [1.82, 2.24) is 19.7 Å².